The molecular weight excluding hydrogens is 343 g/mol. The van der Waals surface area contributed by atoms with Gasteiger partial charge in [0.05, 0.1) is 12.0 Å². The zero-order valence-corrected chi connectivity index (χ0v) is 13.6. The largest absolute Gasteiger partial charge is 0.364 e. The van der Waals surface area contributed by atoms with E-state index in [9.17, 15) is 4.39 Å². The highest BCUT2D eigenvalue weighted by Gasteiger charge is 2.09. The number of hydrogen-bond acceptors (Lipinski definition) is 5. The van der Waals surface area contributed by atoms with Gasteiger partial charge in [-0.15, -0.1) is 0 Å². The minimum Gasteiger partial charge on any atom is -0.364 e. The van der Waals surface area contributed by atoms with Gasteiger partial charge in [0.15, 0.2) is 11.5 Å². The zero-order chi connectivity index (χ0) is 17.2. The van der Waals surface area contributed by atoms with Crippen LogP contribution in [-0.4, -0.2) is 24.9 Å². The summed E-state index contributed by atoms with van der Waals surface area (Å²) in [6.45, 7) is 0.498. The highest BCUT2D eigenvalue weighted by atomic mass is 35.5. The first-order valence-electron chi connectivity index (χ1n) is 7.50. The maximum Gasteiger partial charge on any atom is 0.226 e. The fourth-order valence-corrected chi connectivity index (χ4v) is 2.63. The number of nitrogens with one attached hydrogen (secondary N) is 2. The second-order valence-corrected chi connectivity index (χ2v) is 5.70. The summed E-state index contributed by atoms with van der Waals surface area (Å²) in [6, 6.07) is 10.1. The Morgan fingerprint density at radius 1 is 1.12 bits per heavy atom. The van der Waals surface area contributed by atoms with Gasteiger partial charge in [0.25, 0.3) is 0 Å². The van der Waals surface area contributed by atoms with Crippen LogP contribution in [0.4, 0.5) is 10.2 Å². The third kappa shape index (κ3) is 3.27. The molecule has 8 heteroatoms. The minimum absolute atomic E-state index is 0.127. The number of anilines is 1. The molecule has 25 heavy (non-hydrogen) atoms. The van der Waals surface area contributed by atoms with Crippen molar-refractivity contribution in [2.75, 3.05) is 5.32 Å². The van der Waals surface area contributed by atoms with Crippen molar-refractivity contribution in [1.29, 1.82) is 0 Å². The molecule has 0 fully saturated rings. The number of aromatic amines is 1. The molecule has 0 aliphatic carbocycles. The van der Waals surface area contributed by atoms with Crippen LogP contribution in [-0.2, 0) is 6.54 Å². The summed E-state index contributed by atoms with van der Waals surface area (Å²) in [6.07, 6.45) is 3.27. The van der Waals surface area contributed by atoms with Gasteiger partial charge in [-0.3, -0.25) is 4.98 Å². The molecule has 0 aliphatic heterocycles. The summed E-state index contributed by atoms with van der Waals surface area (Å²) in [5.74, 6) is 0.288. The van der Waals surface area contributed by atoms with Gasteiger partial charge in [-0.05, 0) is 35.4 Å². The molecule has 0 bridgehead atoms. The lowest BCUT2D eigenvalue weighted by atomic mass is 10.1. The lowest BCUT2D eigenvalue weighted by Crippen LogP contribution is -2.03. The standard InChI is InChI=1S/C17H12ClFN6/c18-17-24-15(14-16(25-17)23-9-22-14)21-8-10-4-5-13(20-7-10)11-2-1-3-12(19)6-11/h1-7,9H,8H2,(H2,21,22,23,24,25). The summed E-state index contributed by atoms with van der Waals surface area (Å²) < 4.78 is 13.3. The van der Waals surface area contributed by atoms with E-state index in [1.165, 1.54) is 18.5 Å². The Bertz CT molecular complexity index is 1030. The zero-order valence-electron chi connectivity index (χ0n) is 12.9. The molecule has 6 nitrogen and oxygen atoms in total. The Labute approximate surface area is 147 Å². The molecule has 3 heterocycles. The van der Waals surface area contributed by atoms with E-state index in [0.717, 1.165) is 11.1 Å². The summed E-state index contributed by atoms with van der Waals surface area (Å²) >= 11 is 5.90. The molecule has 2 N–H and O–H groups in total. The number of fused-ring (bicyclic) bond motifs is 1. The van der Waals surface area contributed by atoms with E-state index in [2.05, 4.69) is 30.2 Å². The number of rotatable bonds is 4. The van der Waals surface area contributed by atoms with E-state index in [1.807, 2.05) is 18.2 Å². The molecule has 0 spiro atoms. The predicted octanol–water partition coefficient (Wildman–Crippen LogP) is 3.82. The summed E-state index contributed by atoms with van der Waals surface area (Å²) in [7, 11) is 0. The van der Waals surface area contributed by atoms with Gasteiger partial charge in [0.1, 0.15) is 11.3 Å². The average molecular weight is 355 g/mol. The van der Waals surface area contributed by atoms with Gasteiger partial charge in [-0.25, -0.2) is 9.37 Å². The summed E-state index contributed by atoms with van der Waals surface area (Å²) in [5, 5.41) is 3.32. The van der Waals surface area contributed by atoms with Gasteiger partial charge in [-0.1, -0.05) is 18.2 Å². The minimum atomic E-state index is -0.283. The van der Waals surface area contributed by atoms with E-state index < -0.39 is 0 Å². The molecule has 124 valence electrons. The smallest absolute Gasteiger partial charge is 0.226 e. The number of hydrogen-bond donors (Lipinski definition) is 2. The van der Waals surface area contributed by atoms with Crippen LogP contribution in [0.5, 0.6) is 0 Å². The van der Waals surface area contributed by atoms with Gasteiger partial charge in [0, 0.05) is 18.3 Å². The van der Waals surface area contributed by atoms with E-state index in [-0.39, 0.29) is 11.1 Å². The first-order chi connectivity index (χ1) is 12.2. The van der Waals surface area contributed by atoms with E-state index in [0.29, 0.717) is 29.2 Å². The van der Waals surface area contributed by atoms with Crippen LogP contribution < -0.4 is 5.32 Å². The number of benzene rings is 1. The summed E-state index contributed by atoms with van der Waals surface area (Å²) in [5.41, 5.74) is 3.59. The topological polar surface area (TPSA) is 79.4 Å². The van der Waals surface area contributed by atoms with Crippen LogP contribution in [0.3, 0.4) is 0 Å². The number of nitrogens with zero attached hydrogens (tertiary/aromatic N) is 4. The molecule has 0 atom stereocenters. The van der Waals surface area contributed by atoms with Crippen molar-refractivity contribution >= 4 is 28.6 Å². The number of halogens is 2. The molecule has 1 aromatic carbocycles. The third-order valence-corrected chi connectivity index (χ3v) is 3.83. The molecule has 4 rings (SSSR count). The van der Waals surface area contributed by atoms with Crippen LogP contribution >= 0.6 is 11.6 Å². The Kier molecular flexibility index (Phi) is 3.99. The van der Waals surface area contributed by atoms with Crippen molar-refractivity contribution in [3.63, 3.8) is 0 Å². The lowest BCUT2D eigenvalue weighted by molar-refractivity contribution is 0.628. The number of pyridine rings is 1. The van der Waals surface area contributed by atoms with Crippen molar-refractivity contribution in [1.82, 2.24) is 24.9 Å². The molecular formula is C17H12ClFN6. The van der Waals surface area contributed by atoms with Crippen molar-refractivity contribution in [2.24, 2.45) is 0 Å². The quantitative estimate of drug-likeness (QED) is 0.545. The number of H-pyrrole nitrogens is 1. The lowest BCUT2D eigenvalue weighted by Gasteiger charge is -2.07. The van der Waals surface area contributed by atoms with Gasteiger partial charge in [0.2, 0.25) is 5.28 Å². The number of imidazole rings is 1. The van der Waals surface area contributed by atoms with Gasteiger partial charge < -0.3 is 10.3 Å². The van der Waals surface area contributed by atoms with Crippen molar-refractivity contribution in [3.05, 3.63) is 65.6 Å². The first kappa shape index (κ1) is 15.5. The first-order valence-corrected chi connectivity index (χ1v) is 7.88. The monoisotopic (exact) mass is 354 g/mol. The molecule has 0 aliphatic rings. The molecule has 4 aromatic rings. The predicted molar refractivity (Wildman–Crippen MR) is 93.7 cm³/mol. The average Bonchev–Trinajstić information content (AvgIpc) is 3.08. The Morgan fingerprint density at radius 2 is 2.04 bits per heavy atom. The van der Waals surface area contributed by atoms with Crippen molar-refractivity contribution in [2.45, 2.75) is 6.54 Å². The maximum absolute atomic E-state index is 13.3. The Hall–Kier alpha value is -3.06. The van der Waals surface area contributed by atoms with Crippen molar-refractivity contribution < 1.29 is 4.39 Å². The van der Waals surface area contributed by atoms with Crippen LogP contribution in [0, 0.1) is 5.82 Å². The van der Waals surface area contributed by atoms with Crippen molar-refractivity contribution in [3.8, 4) is 11.3 Å². The molecule has 0 saturated heterocycles. The van der Waals surface area contributed by atoms with E-state index in [1.54, 1.807) is 12.3 Å². The van der Waals surface area contributed by atoms with Gasteiger partial charge in [-0.2, -0.15) is 9.97 Å². The maximum atomic E-state index is 13.3. The second kappa shape index (κ2) is 6.45. The SMILES string of the molecule is Fc1cccc(-c2ccc(CNc3nc(Cl)nc4nc[nH]c34)cn2)c1. The highest BCUT2D eigenvalue weighted by molar-refractivity contribution is 6.28. The Morgan fingerprint density at radius 3 is 2.84 bits per heavy atom. The van der Waals surface area contributed by atoms with E-state index >= 15 is 0 Å². The van der Waals surface area contributed by atoms with Crippen LogP contribution in [0.1, 0.15) is 5.56 Å². The van der Waals surface area contributed by atoms with Crippen LogP contribution in [0.15, 0.2) is 48.9 Å². The molecule has 0 amide bonds. The fourth-order valence-electron chi connectivity index (χ4n) is 2.47. The summed E-state index contributed by atoms with van der Waals surface area (Å²) in [4.78, 5) is 19.6. The molecule has 0 saturated carbocycles. The van der Waals surface area contributed by atoms with Crippen LogP contribution in [0.2, 0.25) is 5.28 Å². The molecule has 0 unspecified atom stereocenters. The Balaban J connectivity index is 1.52. The number of aromatic nitrogens is 5. The van der Waals surface area contributed by atoms with Crippen LogP contribution in [0.25, 0.3) is 22.4 Å². The normalized spacial score (nSPS) is 11.0. The molecule has 3 aromatic heterocycles. The highest BCUT2D eigenvalue weighted by Crippen LogP contribution is 2.20. The molecule has 0 radical (unpaired) electrons. The van der Waals surface area contributed by atoms with E-state index in [4.69, 9.17) is 11.6 Å². The van der Waals surface area contributed by atoms with Gasteiger partial charge >= 0.3 is 0 Å². The second-order valence-electron chi connectivity index (χ2n) is 5.36. The fraction of sp³-hybridized carbons (Fsp3) is 0.0588. The third-order valence-electron chi connectivity index (χ3n) is 3.66.